The Hall–Kier alpha value is -1.32. The molecule has 0 aliphatic heterocycles. The van der Waals surface area contributed by atoms with Gasteiger partial charge in [0.25, 0.3) is 0 Å². The molecule has 0 aromatic heterocycles. The molecule has 0 saturated carbocycles. The van der Waals surface area contributed by atoms with Crippen LogP contribution >= 0.6 is 0 Å². The van der Waals surface area contributed by atoms with Gasteiger partial charge in [-0.25, -0.2) is 4.79 Å². The molecule has 0 aliphatic carbocycles. The van der Waals surface area contributed by atoms with Crippen LogP contribution in [0.1, 0.15) is 13.8 Å². The number of allylic oxidation sites excluding steroid dienone is 2. The molecule has 0 amide bonds. The van der Waals surface area contributed by atoms with Crippen molar-refractivity contribution in [2.45, 2.75) is 13.8 Å². The molecule has 0 aromatic carbocycles. The van der Waals surface area contributed by atoms with Gasteiger partial charge in [0.2, 0.25) is 0 Å². The zero-order valence-electron chi connectivity index (χ0n) is 7.42. The summed E-state index contributed by atoms with van der Waals surface area (Å²) in [6.07, 6.45) is 1.51. The number of hydrogen-bond donors (Lipinski definition) is 0. The van der Waals surface area contributed by atoms with Crippen molar-refractivity contribution < 1.29 is 19.1 Å². The molecule has 0 aromatic rings. The monoisotopic (exact) mass is 172 g/mol. The van der Waals surface area contributed by atoms with Crippen molar-refractivity contribution in [1.82, 2.24) is 0 Å². The Morgan fingerprint density at radius 2 is 2.00 bits per heavy atom. The summed E-state index contributed by atoms with van der Waals surface area (Å²) in [5.41, 5.74) is 0. The van der Waals surface area contributed by atoms with E-state index in [9.17, 15) is 9.59 Å². The van der Waals surface area contributed by atoms with Gasteiger partial charge in [0.15, 0.2) is 18.1 Å². The van der Waals surface area contributed by atoms with Crippen LogP contribution in [-0.2, 0) is 19.1 Å². The second kappa shape index (κ2) is 5.35. The van der Waals surface area contributed by atoms with Crippen molar-refractivity contribution in [2.75, 3.05) is 13.7 Å². The summed E-state index contributed by atoms with van der Waals surface area (Å²) in [5.74, 6) is -0.530. The smallest absolute Gasteiger partial charge is 0.343 e. The number of hydrogen-bond acceptors (Lipinski definition) is 4. The first kappa shape index (κ1) is 10.7. The molecule has 0 rings (SSSR count). The molecule has 68 valence electrons. The van der Waals surface area contributed by atoms with Crippen LogP contribution in [0.4, 0.5) is 0 Å². The average molecular weight is 172 g/mol. The van der Waals surface area contributed by atoms with Crippen molar-refractivity contribution in [2.24, 2.45) is 0 Å². The molecule has 0 saturated heterocycles. The lowest BCUT2D eigenvalue weighted by Gasteiger charge is -2.04. The van der Waals surface area contributed by atoms with Gasteiger partial charge in [-0.2, -0.15) is 0 Å². The SMILES string of the molecule is CC=C(OCC(=O)OC)C(C)=O. The number of carbonyl (C=O) groups is 2. The van der Waals surface area contributed by atoms with Crippen molar-refractivity contribution in [1.29, 1.82) is 0 Å². The zero-order valence-corrected chi connectivity index (χ0v) is 7.42. The van der Waals surface area contributed by atoms with Crippen LogP contribution in [0.15, 0.2) is 11.8 Å². The van der Waals surface area contributed by atoms with Gasteiger partial charge >= 0.3 is 5.97 Å². The molecule has 4 nitrogen and oxygen atoms in total. The highest BCUT2D eigenvalue weighted by molar-refractivity contribution is 5.91. The van der Waals surface area contributed by atoms with E-state index < -0.39 is 5.97 Å². The summed E-state index contributed by atoms with van der Waals surface area (Å²) >= 11 is 0. The van der Waals surface area contributed by atoms with Crippen LogP contribution in [0.25, 0.3) is 0 Å². The van der Waals surface area contributed by atoms with Crippen molar-refractivity contribution in [3.8, 4) is 0 Å². The molecule has 0 atom stereocenters. The van der Waals surface area contributed by atoms with E-state index in [1.807, 2.05) is 0 Å². The van der Waals surface area contributed by atoms with Gasteiger partial charge < -0.3 is 9.47 Å². The van der Waals surface area contributed by atoms with Crippen LogP contribution < -0.4 is 0 Å². The fourth-order valence-electron chi connectivity index (χ4n) is 0.584. The van der Waals surface area contributed by atoms with Crippen LogP contribution in [0.5, 0.6) is 0 Å². The third-order valence-electron chi connectivity index (χ3n) is 1.18. The van der Waals surface area contributed by atoms with Gasteiger partial charge in [0.05, 0.1) is 7.11 Å². The third-order valence-corrected chi connectivity index (χ3v) is 1.18. The number of ether oxygens (including phenoxy) is 2. The van der Waals surface area contributed by atoms with E-state index >= 15 is 0 Å². The predicted molar refractivity (Wildman–Crippen MR) is 42.4 cm³/mol. The zero-order chi connectivity index (χ0) is 9.56. The van der Waals surface area contributed by atoms with Gasteiger partial charge in [-0.1, -0.05) is 0 Å². The summed E-state index contributed by atoms with van der Waals surface area (Å²) in [7, 11) is 1.26. The van der Waals surface area contributed by atoms with E-state index in [2.05, 4.69) is 4.74 Å². The first-order chi connectivity index (χ1) is 5.61. The molecule has 0 fully saturated rings. The maximum Gasteiger partial charge on any atom is 0.343 e. The van der Waals surface area contributed by atoms with E-state index in [1.54, 1.807) is 6.92 Å². The van der Waals surface area contributed by atoms with E-state index in [-0.39, 0.29) is 18.1 Å². The van der Waals surface area contributed by atoms with Gasteiger partial charge in [0.1, 0.15) is 0 Å². The molecule has 0 spiro atoms. The molecule has 0 N–H and O–H groups in total. The molecule has 0 unspecified atom stereocenters. The lowest BCUT2D eigenvalue weighted by Crippen LogP contribution is -2.12. The first-order valence-corrected chi connectivity index (χ1v) is 3.48. The molecule has 0 radical (unpaired) electrons. The Morgan fingerprint density at radius 1 is 1.42 bits per heavy atom. The predicted octanol–water partition coefficient (Wildman–Crippen LogP) is 0.669. The van der Waals surface area contributed by atoms with Gasteiger partial charge in [-0.05, 0) is 13.0 Å². The molecule has 4 heteroatoms. The van der Waals surface area contributed by atoms with Crippen molar-refractivity contribution in [3.63, 3.8) is 0 Å². The lowest BCUT2D eigenvalue weighted by molar-refractivity contribution is -0.144. The highest BCUT2D eigenvalue weighted by atomic mass is 16.6. The van der Waals surface area contributed by atoms with E-state index in [1.165, 1.54) is 20.1 Å². The summed E-state index contributed by atoms with van der Waals surface area (Å²) in [6, 6.07) is 0. The average Bonchev–Trinajstić information content (AvgIpc) is 2.04. The maximum atomic E-state index is 10.7. The largest absolute Gasteiger partial charge is 0.479 e. The number of Topliss-reactive ketones (excluding diaryl/α,β-unsaturated/α-hetero) is 1. The van der Waals surface area contributed by atoms with E-state index in [4.69, 9.17) is 4.74 Å². The molecule has 0 bridgehead atoms. The summed E-state index contributed by atoms with van der Waals surface area (Å²) in [6.45, 7) is 2.80. The Labute approximate surface area is 71.2 Å². The van der Waals surface area contributed by atoms with Gasteiger partial charge in [-0.15, -0.1) is 0 Å². The van der Waals surface area contributed by atoms with Crippen LogP contribution in [0.3, 0.4) is 0 Å². The van der Waals surface area contributed by atoms with Gasteiger partial charge in [-0.3, -0.25) is 4.79 Å². The number of esters is 1. The van der Waals surface area contributed by atoms with Crippen LogP contribution in [0, 0.1) is 0 Å². The fraction of sp³-hybridized carbons (Fsp3) is 0.500. The molecule has 0 heterocycles. The van der Waals surface area contributed by atoms with E-state index in [0.717, 1.165) is 0 Å². The molecule has 0 aliphatic rings. The lowest BCUT2D eigenvalue weighted by atomic mass is 10.3. The first-order valence-electron chi connectivity index (χ1n) is 3.48. The summed E-state index contributed by atoms with van der Waals surface area (Å²) in [5, 5.41) is 0. The fourth-order valence-corrected chi connectivity index (χ4v) is 0.584. The Morgan fingerprint density at radius 3 is 2.33 bits per heavy atom. The minimum Gasteiger partial charge on any atom is -0.479 e. The minimum atomic E-state index is -0.504. The van der Waals surface area contributed by atoms with Crippen LogP contribution in [-0.4, -0.2) is 25.5 Å². The normalized spacial score (nSPS) is 10.8. The number of rotatable bonds is 4. The van der Waals surface area contributed by atoms with Gasteiger partial charge in [0, 0.05) is 6.92 Å². The Bertz CT molecular complexity index is 205. The summed E-state index contributed by atoms with van der Waals surface area (Å²) < 4.78 is 9.16. The van der Waals surface area contributed by atoms with Crippen molar-refractivity contribution >= 4 is 11.8 Å². The summed E-state index contributed by atoms with van der Waals surface area (Å²) in [4.78, 5) is 21.3. The van der Waals surface area contributed by atoms with Crippen molar-refractivity contribution in [3.05, 3.63) is 11.8 Å². The standard InChI is InChI=1S/C8H12O4/c1-4-7(6(2)9)12-5-8(10)11-3/h4H,5H2,1-3H3. The second-order valence-corrected chi connectivity index (χ2v) is 2.07. The third kappa shape index (κ3) is 3.75. The number of methoxy groups -OCH3 is 1. The Balaban J connectivity index is 3.91. The quantitative estimate of drug-likeness (QED) is 0.355. The highest BCUT2D eigenvalue weighted by Crippen LogP contribution is 1.98. The molecular weight excluding hydrogens is 160 g/mol. The Kier molecular flexibility index (Phi) is 4.76. The van der Waals surface area contributed by atoms with Crippen LogP contribution in [0.2, 0.25) is 0 Å². The minimum absolute atomic E-state index is 0.181. The number of ketones is 1. The molecule has 12 heavy (non-hydrogen) atoms. The molecular formula is C8H12O4. The topological polar surface area (TPSA) is 52.6 Å². The second-order valence-electron chi connectivity index (χ2n) is 2.07. The highest BCUT2D eigenvalue weighted by Gasteiger charge is 2.06. The maximum absolute atomic E-state index is 10.7. The van der Waals surface area contributed by atoms with E-state index in [0.29, 0.717) is 0 Å². The number of carbonyl (C=O) groups excluding carboxylic acids is 2.